The van der Waals surface area contributed by atoms with E-state index in [1.54, 1.807) is 26.1 Å². The van der Waals surface area contributed by atoms with Crippen LogP contribution in [0.4, 0.5) is 0 Å². The maximum atomic E-state index is 12.1. The summed E-state index contributed by atoms with van der Waals surface area (Å²) in [6.45, 7) is 8.78. The largest absolute Gasteiger partial charge is 0.490 e. The number of carbonyl (C=O) groups excluding carboxylic acids is 1. The van der Waals surface area contributed by atoms with Gasteiger partial charge in [-0.25, -0.2) is 5.43 Å². The molecule has 2 rings (SSSR count). The molecule has 0 fully saturated rings. The minimum Gasteiger partial charge on any atom is -0.490 e. The first-order chi connectivity index (χ1) is 12.5. The molecule has 0 aliphatic carbocycles. The molecule has 0 radical (unpaired) electrons. The Kier molecular flexibility index (Phi) is 7.26. The van der Waals surface area contributed by atoms with Crippen molar-refractivity contribution in [3.8, 4) is 11.5 Å². The summed E-state index contributed by atoms with van der Waals surface area (Å²) in [6, 6.07) is 7.25. The van der Waals surface area contributed by atoms with Gasteiger partial charge < -0.3 is 13.9 Å². The van der Waals surface area contributed by atoms with E-state index in [1.165, 1.54) is 0 Å². The molecule has 1 heterocycles. The Hall–Kier alpha value is -2.76. The zero-order valence-corrected chi connectivity index (χ0v) is 15.8. The third-order valence-electron chi connectivity index (χ3n) is 3.69. The lowest BCUT2D eigenvalue weighted by Gasteiger charge is -2.12. The summed E-state index contributed by atoms with van der Waals surface area (Å²) in [6.07, 6.45) is 3.64. The molecule has 6 heteroatoms. The number of aryl methyl sites for hydroxylation is 2. The molecule has 0 aliphatic rings. The Balaban J connectivity index is 2.03. The fraction of sp³-hybridized carbons (Fsp3) is 0.400. The van der Waals surface area contributed by atoms with Gasteiger partial charge in [0.05, 0.1) is 25.0 Å². The average Bonchev–Trinajstić information content (AvgIpc) is 2.95. The number of hydrogen-bond donors (Lipinski definition) is 1. The van der Waals surface area contributed by atoms with Gasteiger partial charge in [-0.1, -0.05) is 13.3 Å². The molecule has 0 aliphatic heterocycles. The second kappa shape index (κ2) is 9.65. The predicted molar refractivity (Wildman–Crippen MR) is 101 cm³/mol. The number of rotatable bonds is 9. The molecule has 2 aromatic rings. The van der Waals surface area contributed by atoms with Crippen molar-refractivity contribution >= 4 is 12.1 Å². The molecule has 1 amide bonds. The zero-order chi connectivity index (χ0) is 18.9. The maximum Gasteiger partial charge on any atom is 0.274 e. The highest BCUT2D eigenvalue weighted by molar-refractivity contribution is 5.95. The first kappa shape index (κ1) is 19.6. The van der Waals surface area contributed by atoms with Crippen molar-refractivity contribution in [2.24, 2.45) is 5.10 Å². The molecule has 1 N–H and O–H groups in total. The molecule has 1 aromatic heterocycles. The SMILES string of the molecule is CCCCOc1ccc(/C=N\NC(=O)c2cc(C)oc2C)cc1OCC. The van der Waals surface area contributed by atoms with Crippen LogP contribution in [0.2, 0.25) is 0 Å². The smallest absolute Gasteiger partial charge is 0.274 e. The van der Waals surface area contributed by atoms with Gasteiger partial charge in [-0.05, 0) is 57.0 Å². The Bertz CT molecular complexity index is 765. The molecule has 0 unspecified atom stereocenters. The van der Waals surface area contributed by atoms with Gasteiger partial charge in [0.25, 0.3) is 5.91 Å². The van der Waals surface area contributed by atoms with Gasteiger partial charge >= 0.3 is 0 Å². The van der Waals surface area contributed by atoms with Gasteiger partial charge in [0.2, 0.25) is 0 Å². The van der Waals surface area contributed by atoms with E-state index in [1.807, 2.05) is 25.1 Å². The quantitative estimate of drug-likeness (QED) is 0.413. The summed E-state index contributed by atoms with van der Waals surface area (Å²) < 4.78 is 16.7. The van der Waals surface area contributed by atoms with Crippen LogP contribution in [-0.4, -0.2) is 25.3 Å². The highest BCUT2D eigenvalue weighted by Crippen LogP contribution is 2.28. The van der Waals surface area contributed by atoms with Gasteiger partial charge in [0, 0.05) is 0 Å². The predicted octanol–water partition coefficient (Wildman–Crippen LogP) is 4.24. The van der Waals surface area contributed by atoms with Crippen molar-refractivity contribution in [2.75, 3.05) is 13.2 Å². The number of hydrogen-bond acceptors (Lipinski definition) is 5. The van der Waals surface area contributed by atoms with Gasteiger partial charge in [-0.15, -0.1) is 0 Å². The average molecular weight is 358 g/mol. The molecule has 26 heavy (non-hydrogen) atoms. The van der Waals surface area contributed by atoms with Crippen molar-refractivity contribution < 1.29 is 18.7 Å². The normalized spacial score (nSPS) is 10.9. The van der Waals surface area contributed by atoms with E-state index in [9.17, 15) is 4.79 Å². The summed E-state index contributed by atoms with van der Waals surface area (Å²) in [5.74, 6) is 2.34. The van der Waals surface area contributed by atoms with Crippen LogP contribution >= 0.6 is 0 Å². The van der Waals surface area contributed by atoms with Crippen LogP contribution in [0.5, 0.6) is 11.5 Å². The van der Waals surface area contributed by atoms with Crippen LogP contribution in [0, 0.1) is 13.8 Å². The number of furan rings is 1. The number of unbranched alkanes of at least 4 members (excludes halogenated alkanes) is 1. The number of ether oxygens (including phenoxy) is 2. The van der Waals surface area contributed by atoms with Crippen LogP contribution in [-0.2, 0) is 0 Å². The lowest BCUT2D eigenvalue weighted by Crippen LogP contribution is -2.17. The van der Waals surface area contributed by atoms with Gasteiger partial charge in [-0.3, -0.25) is 4.79 Å². The lowest BCUT2D eigenvalue weighted by molar-refractivity contribution is 0.0953. The molecule has 1 aromatic carbocycles. The molecule has 0 bridgehead atoms. The van der Waals surface area contributed by atoms with E-state index < -0.39 is 0 Å². The summed E-state index contributed by atoms with van der Waals surface area (Å²) in [5.41, 5.74) is 3.79. The van der Waals surface area contributed by atoms with Crippen LogP contribution in [0.3, 0.4) is 0 Å². The number of nitrogens with zero attached hydrogens (tertiary/aromatic N) is 1. The second-order valence-corrected chi connectivity index (χ2v) is 5.87. The van der Waals surface area contributed by atoms with Gasteiger partial charge in [0.15, 0.2) is 11.5 Å². The first-order valence-corrected chi connectivity index (χ1v) is 8.85. The van der Waals surface area contributed by atoms with E-state index in [2.05, 4.69) is 17.5 Å². The lowest BCUT2D eigenvalue weighted by atomic mass is 10.2. The van der Waals surface area contributed by atoms with Crippen LogP contribution in [0.15, 0.2) is 33.8 Å². The fourth-order valence-corrected chi connectivity index (χ4v) is 2.40. The van der Waals surface area contributed by atoms with Gasteiger partial charge in [0.1, 0.15) is 11.5 Å². The minimum atomic E-state index is -0.305. The highest BCUT2D eigenvalue weighted by Gasteiger charge is 2.12. The number of nitrogens with one attached hydrogen (secondary N) is 1. The molecule has 0 spiro atoms. The van der Waals surface area contributed by atoms with Crippen LogP contribution in [0.1, 0.15) is 54.1 Å². The Morgan fingerprint density at radius 3 is 2.65 bits per heavy atom. The van der Waals surface area contributed by atoms with Crippen molar-refractivity contribution in [1.82, 2.24) is 5.43 Å². The van der Waals surface area contributed by atoms with Crippen molar-refractivity contribution in [3.63, 3.8) is 0 Å². The third-order valence-corrected chi connectivity index (χ3v) is 3.69. The summed E-state index contributed by atoms with van der Waals surface area (Å²) in [5, 5.41) is 4.01. The van der Waals surface area contributed by atoms with Crippen LogP contribution in [0.25, 0.3) is 0 Å². The first-order valence-electron chi connectivity index (χ1n) is 8.85. The standard InChI is InChI=1S/C20H26N2O4/c1-5-7-10-25-18-9-8-16(12-19(18)24-6-2)13-21-22-20(23)17-11-14(3)26-15(17)4/h8-9,11-13H,5-7,10H2,1-4H3,(H,22,23)/b21-13-. The Morgan fingerprint density at radius 1 is 1.19 bits per heavy atom. The van der Waals surface area contributed by atoms with E-state index in [0.717, 1.165) is 18.4 Å². The molecule has 0 saturated carbocycles. The summed E-state index contributed by atoms with van der Waals surface area (Å²) in [4.78, 5) is 12.1. The molecular weight excluding hydrogens is 332 g/mol. The molecule has 0 atom stereocenters. The van der Waals surface area contributed by atoms with E-state index in [4.69, 9.17) is 13.9 Å². The number of amides is 1. The molecule has 140 valence electrons. The van der Waals surface area contributed by atoms with E-state index in [0.29, 0.717) is 41.8 Å². The Labute approximate surface area is 154 Å². The minimum absolute atomic E-state index is 0.305. The zero-order valence-electron chi connectivity index (χ0n) is 15.8. The molecular formula is C20H26N2O4. The molecule has 6 nitrogen and oxygen atoms in total. The monoisotopic (exact) mass is 358 g/mol. The Morgan fingerprint density at radius 2 is 2.00 bits per heavy atom. The van der Waals surface area contributed by atoms with Gasteiger partial charge in [-0.2, -0.15) is 5.10 Å². The third kappa shape index (κ3) is 5.37. The van der Waals surface area contributed by atoms with Crippen molar-refractivity contribution in [3.05, 3.63) is 46.9 Å². The number of benzene rings is 1. The topological polar surface area (TPSA) is 73.1 Å². The van der Waals surface area contributed by atoms with Crippen LogP contribution < -0.4 is 14.9 Å². The second-order valence-electron chi connectivity index (χ2n) is 5.87. The maximum absolute atomic E-state index is 12.1. The summed E-state index contributed by atoms with van der Waals surface area (Å²) >= 11 is 0. The number of carbonyl (C=O) groups is 1. The summed E-state index contributed by atoms with van der Waals surface area (Å²) in [7, 11) is 0. The van der Waals surface area contributed by atoms with E-state index >= 15 is 0 Å². The number of hydrazone groups is 1. The van der Waals surface area contributed by atoms with E-state index in [-0.39, 0.29) is 5.91 Å². The van der Waals surface area contributed by atoms with Crippen molar-refractivity contribution in [2.45, 2.75) is 40.5 Å². The highest BCUT2D eigenvalue weighted by atomic mass is 16.5. The van der Waals surface area contributed by atoms with Crippen molar-refractivity contribution in [1.29, 1.82) is 0 Å². The fourth-order valence-electron chi connectivity index (χ4n) is 2.40. The molecule has 0 saturated heterocycles.